The Morgan fingerprint density at radius 3 is 2.70 bits per heavy atom. The maximum atomic E-state index is 13.6. The highest BCUT2D eigenvalue weighted by atomic mass is 19.1. The summed E-state index contributed by atoms with van der Waals surface area (Å²) in [4.78, 5) is 15.1. The van der Waals surface area contributed by atoms with E-state index in [9.17, 15) is 13.6 Å². The van der Waals surface area contributed by atoms with Crippen LogP contribution in [0.5, 0.6) is 11.6 Å². The first-order valence-corrected chi connectivity index (χ1v) is 5.48. The first kappa shape index (κ1) is 13.7. The van der Waals surface area contributed by atoms with Crippen molar-refractivity contribution in [3.63, 3.8) is 0 Å². The van der Waals surface area contributed by atoms with Gasteiger partial charge in [-0.2, -0.15) is 0 Å². The highest BCUT2D eigenvalue weighted by Gasteiger charge is 2.12. The number of halogens is 2. The van der Waals surface area contributed by atoms with Crippen molar-refractivity contribution in [2.75, 3.05) is 12.8 Å². The van der Waals surface area contributed by atoms with E-state index in [2.05, 4.69) is 9.72 Å². The summed E-state index contributed by atoms with van der Waals surface area (Å²) in [6, 6.07) is 4.25. The molecule has 2 N–H and O–H groups in total. The van der Waals surface area contributed by atoms with Gasteiger partial charge in [-0.3, -0.25) is 0 Å². The Labute approximate surface area is 112 Å². The highest BCUT2D eigenvalue weighted by molar-refractivity contribution is 5.89. The van der Waals surface area contributed by atoms with E-state index in [0.29, 0.717) is 0 Å². The van der Waals surface area contributed by atoms with Crippen molar-refractivity contribution in [2.24, 2.45) is 0 Å². The van der Waals surface area contributed by atoms with Crippen molar-refractivity contribution >= 4 is 11.7 Å². The van der Waals surface area contributed by atoms with Crippen LogP contribution in [0.2, 0.25) is 0 Å². The van der Waals surface area contributed by atoms with Gasteiger partial charge in [-0.05, 0) is 6.07 Å². The molecule has 0 radical (unpaired) electrons. The fraction of sp³-hybridized carbons (Fsp3) is 0.0769. The van der Waals surface area contributed by atoms with Crippen LogP contribution in [-0.4, -0.2) is 18.1 Å². The molecule has 0 aliphatic carbocycles. The first-order chi connectivity index (χ1) is 9.51. The molecule has 2 aromatic rings. The Morgan fingerprint density at radius 1 is 1.25 bits per heavy atom. The van der Waals surface area contributed by atoms with E-state index in [4.69, 9.17) is 10.5 Å². The third-order valence-corrected chi connectivity index (χ3v) is 2.42. The number of pyridine rings is 1. The molecule has 0 aliphatic rings. The van der Waals surface area contributed by atoms with E-state index in [1.165, 1.54) is 25.4 Å². The zero-order valence-corrected chi connectivity index (χ0v) is 10.4. The maximum absolute atomic E-state index is 13.6. The van der Waals surface area contributed by atoms with E-state index in [1.807, 2.05) is 0 Å². The summed E-state index contributed by atoms with van der Waals surface area (Å²) < 4.78 is 36.4. The topological polar surface area (TPSA) is 74.4 Å². The molecule has 20 heavy (non-hydrogen) atoms. The second kappa shape index (κ2) is 5.52. The molecule has 5 nitrogen and oxygen atoms in total. The zero-order chi connectivity index (χ0) is 14.7. The molecule has 0 amide bonds. The number of carbonyl (C=O) groups is 1. The largest absolute Gasteiger partial charge is 0.465 e. The third-order valence-electron chi connectivity index (χ3n) is 2.42. The number of methoxy groups -OCH3 is 1. The number of nitrogen functional groups attached to an aromatic ring is 1. The van der Waals surface area contributed by atoms with E-state index in [-0.39, 0.29) is 22.9 Å². The van der Waals surface area contributed by atoms with Gasteiger partial charge in [-0.15, -0.1) is 0 Å². The van der Waals surface area contributed by atoms with E-state index in [1.54, 1.807) is 0 Å². The quantitative estimate of drug-likeness (QED) is 0.690. The number of rotatable bonds is 3. The number of nitrogens with two attached hydrogens (primary N) is 1. The van der Waals surface area contributed by atoms with Crippen LogP contribution < -0.4 is 10.5 Å². The lowest BCUT2D eigenvalue weighted by molar-refractivity contribution is 0.0600. The minimum absolute atomic E-state index is 0.0732. The number of nitrogens with zero attached hydrogens (tertiary/aromatic N) is 1. The molecule has 0 atom stereocenters. The van der Waals surface area contributed by atoms with Crippen LogP contribution in [0.3, 0.4) is 0 Å². The van der Waals surface area contributed by atoms with Crippen LogP contribution in [0.4, 0.5) is 14.5 Å². The van der Waals surface area contributed by atoms with Gasteiger partial charge in [0.15, 0.2) is 11.6 Å². The first-order valence-electron chi connectivity index (χ1n) is 5.48. The molecule has 0 aliphatic heterocycles. The average Bonchev–Trinajstić information content (AvgIpc) is 2.44. The van der Waals surface area contributed by atoms with Gasteiger partial charge in [-0.1, -0.05) is 0 Å². The smallest absolute Gasteiger partial charge is 0.338 e. The van der Waals surface area contributed by atoms with Crippen LogP contribution >= 0.6 is 0 Å². The van der Waals surface area contributed by atoms with Crippen LogP contribution in [0.1, 0.15) is 10.4 Å². The Morgan fingerprint density at radius 2 is 2.00 bits per heavy atom. The standard InChI is InChI=1S/C13H10F2N2O3/c1-19-13(18)7-2-3-17-12(4-7)20-11-6-8(14)10(16)5-9(11)15/h2-6H,16H2,1H3. The fourth-order valence-electron chi connectivity index (χ4n) is 1.44. The van der Waals surface area contributed by atoms with E-state index in [0.717, 1.165) is 12.1 Å². The Hall–Kier alpha value is -2.70. The molecule has 1 aromatic heterocycles. The Bertz CT molecular complexity index is 662. The van der Waals surface area contributed by atoms with Crippen molar-refractivity contribution in [2.45, 2.75) is 0 Å². The lowest BCUT2D eigenvalue weighted by atomic mass is 10.2. The summed E-state index contributed by atoms with van der Waals surface area (Å²) in [6.45, 7) is 0. The second-order valence-corrected chi connectivity index (χ2v) is 3.78. The maximum Gasteiger partial charge on any atom is 0.338 e. The molecule has 0 saturated carbocycles. The molecule has 0 bridgehead atoms. The summed E-state index contributed by atoms with van der Waals surface area (Å²) in [5.41, 5.74) is 5.06. The predicted molar refractivity (Wildman–Crippen MR) is 66.4 cm³/mol. The third kappa shape index (κ3) is 2.82. The minimum atomic E-state index is -0.839. The van der Waals surface area contributed by atoms with Crippen LogP contribution in [0, 0.1) is 11.6 Å². The number of anilines is 1. The van der Waals surface area contributed by atoms with E-state index >= 15 is 0 Å². The summed E-state index contributed by atoms with van der Waals surface area (Å²) in [6.07, 6.45) is 1.28. The Kier molecular flexibility index (Phi) is 3.79. The van der Waals surface area contributed by atoms with Crippen molar-refractivity contribution in [1.82, 2.24) is 4.98 Å². The molecule has 0 spiro atoms. The number of carbonyl (C=O) groups excluding carboxylic acids is 1. The number of hydrogen-bond donors (Lipinski definition) is 1. The summed E-state index contributed by atoms with van der Waals surface area (Å²) in [7, 11) is 1.22. The minimum Gasteiger partial charge on any atom is -0.465 e. The number of ether oxygens (including phenoxy) is 2. The van der Waals surface area contributed by atoms with Crippen molar-refractivity contribution in [3.05, 3.63) is 47.7 Å². The molecule has 0 saturated heterocycles. The van der Waals surface area contributed by atoms with Gasteiger partial charge in [-0.25, -0.2) is 18.6 Å². The zero-order valence-electron chi connectivity index (χ0n) is 10.4. The average molecular weight is 280 g/mol. The van der Waals surface area contributed by atoms with Gasteiger partial charge in [0.2, 0.25) is 5.88 Å². The lowest BCUT2D eigenvalue weighted by Gasteiger charge is -2.08. The van der Waals surface area contributed by atoms with Crippen LogP contribution in [0.15, 0.2) is 30.5 Å². The number of hydrogen-bond acceptors (Lipinski definition) is 5. The Balaban J connectivity index is 2.31. The number of aromatic nitrogens is 1. The monoisotopic (exact) mass is 280 g/mol. The molecule has 0 unspecified atom stereocenters. The lowest BCUT2D eigenvalue weighted by Crippen LogP contribution is -2.02. The summed E-state index contributed by atoms with van der Waals surface area (Å²) in [5.74, 6) is -2.71. The van der Waals surface area contributed by atoms with E-state index < -0.39 is 17.6 Å². The molecular formula is C13H10F2N2O3. The number of esters is 1. The molecule has 2 rings (SSSR count). The van der Waals surface area contributed by atoms with Gasteiger partial charge in [0.05, 0.1) is 18.4 Å². The van der Waals surface area contributed by atoms with Gasteiger partial charge in [0.1, 0.15) is 5.82 Å². The normalized spacial score (nSPS) is 10.2. The van der Waals surface area contributed by atoms with Crippen LogP contribution in [0.25, 0.3) is 0 Å². The molecule has 1 aromatic carbocycles. The molecular weight excluding hydrogens is 270 g/mol. The second-order valence-electron chi connectivity index (χ2n) is 3.78. The summed E-state index contributed by atoms with van der Waals surface area (Å²) in [5, 5.41) is 0. The molecule has 1 heterocycles. The van der Waals surface area contributed by atoms with Gasteiger partial charge >= 0.3 is 5.97 Å². The molecule has 7 heteroatoms. The van der Waals surface area contributed by atoms with Gasteiger partial charge in [0.25, 0.3) is 0 Å². The van der Waals surface area contributed by atoms with Crippen molar-refractivity contribution in [1.29, 1.82) is 0 Å². The molecule has 104 valence electrons. The highest BCUT2D eigenvalue weighted by Crippen LogP contribution is 2.27. The van der Waals surface area contributed by atoms with Crippen molar-refractivity contribution in [3.8, 4) is 11.6 Å². The fourth-order valence-corrected chi connectivity index (χ4v) is 1.44. The van der Waals surface area contributed by atoms with Crippen LogP contribution in [-0.2, 0) is 4.74 Å². The van der Waals surface area contributed by atoms with Gasteiger partial charge < -0.3 is 15.2 Å². The van der Waals surface area contributed by atoms with Gasteiger partial charge in [0, 0.05) is 24.4 Å². The van der Waals surface area contributed by atoms with Crippen molar-refractivity contribution < 1.29 is 23.0 Å². The number of benzene rings is 1. The summed E-state index contributed by atoms with van der Waals surface area (Å²) >= 11 is 0. The SMILES string of the molecule is COC(=O)c1ccnc(Oc2cc(F)c(N)cc2F)c1. The molecule has 0 fully saturated rings. The predicted octanol–water partition coefficient (Wildman–Crippen LogP) is 2.52.